The van der Waals surface area contributed by atoms with Crippen molar-refractivity contribution in [3.63, 3.8) is 0 Å². The molecule has 3 nitrogen and oxygen atoms in total. The van der Waals surface area contributed by atoms with Gasteiger partial charge in [-0.2, -0.15) is 5.26 Å². The second kappa shape index (κ2) is 6.06. The fourth-order valence-corrected chi connectivity index (χ4v) is 2.90. The van der Waals surface area contributed by atoms with Crippen molar-refractivity contribution in [1.82, 2.24) is 4.98 Å². The van der Waals surface area contributed by atoms with Gasteiger partial charge in [-0.15, -0.1) is 0 Å². The highest BCUT2D eigenvalue weighted by Gasteiger charge is 2.24. The van der Waals surface area contributed by atoms with Crippen LogP contribution in [0.2, 0.25) is 5.02 Å². The molecule has 0 radical (unpaired) electrons. The molecule has 2 atom stereocenters. The molecular weight excluding hydrogens is 246 g/mol. The molecule has 1 aromatic heterocycles. The molecule has 0 aliphatic heterocycles. The van der Waals surface area contributed by atoms with Gasteiger partial charge < -0.3 is 5.32 Å². The summed E-state index contributed by atoms with van der Waals surface area (Å²) in [6.07, 6.45) is 7.81. The molecule has 1 aliphatic carbocycles. The molecule has 4 heteroatoms. The number of nitrogens with one attached hydrogen (secondary N) is 1. The van der Waals surface area contributed by atoms with E-state index < -0.39 is 0 Å². The summed E-state index contributed by atoms with van der Waals surface area (Å²) >= 11 is 6.17. The first kappa shape index (κ1) is 13.2. The van der Waals surface area contributed by atoms with Gasteiger partial charge in [-0.1, -0.05) is 37.8 Å². The largest absolute Gasteiger partial charge is 0.366 e. The number of anilines is 1. The van der Waals surface area contributed by atoms with E-state index in [0.29, 0.717) is 28.4 Å². The molecule has 0 saturated heterocycles. The molecule has 1 aliphatic rings. The summed E-state index contributed by atoms with van der Waals surface area (Å²) in [6, 6.07) is 4.16. The Morgan fingerprint density at radius 2 is 2.28 bits per heavy atom. The van der Waals surface area contributed by atoms with Crippen LogP contribution in [0.25, 0.3) is 0 Å². The summed E-state index contributed by atoms with van der Waals surface area (Å²) < 4.78 is 0. The molecule has 1 heterocycles. The van der Waals surface area contributed by atoms with Gasteiger partial charge in [0.05, 0.1) is 5.56 Å². The van der Waals surface area contributed by atoms with Crippen LogP contribution in [0.5, 0.6) is 0 Å². The van der Waals surface area contributed by atoms with Gasteiger partial charge in [0.1, 0.15) is 16.9 Å². The molecule has 18 heavy (non-hydrogen) atoms. The van der Waals surface area contributed by atoms with E-state index in [2.05, 4.69) is 23.3 Å². The summed E-state index contributed by atoms with van der Waals surface area (Å²) in [5.74, 6) is 1.34. The maximum atomic E-state index is 8.96. The molecule has 1 saturated carbocycles. The molecule has 0 bridgehead atoms. The third-order valence-corrected chi connectivity index (χ3v) is 4.15. The number of hydrogen-bond donors (Lipinski definition) is 1. The molecule has 0 amide bonds. The number of aromatic nitrogens is 1. The molecule has 96 valence electrons. The minimum absolute atomic E-state index is 0.433. The fourth-order valence-electron chi connectivity index (χ4n) is 2.69. The van der Waals surface area contributed by atoms with Crippen molar-refractivity contribution < 1.29 is 0 Å². The first-order chi connectivity index (χ1) is 8.76. The van der Waals surface area contributed by atoms with Gasteiger partial charge in [0, 0.05) is 12.2 Å². The summed E-state index contributed by atoms with van der Waals surface area (Å²) in [5.41, 5.74) is 0.484. The monoisotopic (exact) mass is 263 g/mol. The number of rotatable bonds is 3. The zero-order valence-corrected chi connectivity index (χ0v) is 11.4. The van der Waals surface area contributed by atoms with Gasteiger partial charge in [0.25, 0.3) is 0 Å². The van der Waals surface area contributed by atoms with E-state index in [9.17, 15) is 0 Å². The highest BCUT2D eigenvalue weighted by molar-refractivity contribution is 6.34. The second-order valence-corrected chi connectivity index (χ2v) is 5.21. The van der Waals surface area contributed by atoms with Gasteiger partial charge in [-0.3, -0.25) is 0 Å². The number of pyridine rings is 1. The van der Waals surface area contributed by atoms with Crippen LogP contribution in [0.3, 0.4) is 0 Å². The SMILES string of the molecule is CCC1CCCCC1Nc1nccc(C#N)c1Cl. The quantitative estimate of drug-likeness (QED) is 0.897. The zero-order chi connectivity index (χ0) is 13.0. The van der Waals surface area contributed by atoms with Crippen LogP contribution in [0.15, 0.2) is 12.3 Å². The van der Waals surface area contributed by atoms with Crippen molar-refractivity contribution in [2.24, 2.45) is 5.92 Å². The minimum atomic E-state index is 0.433. The maximum absolute atomic E-state index is 8.96. The van der Waals surface area contributed by atoms with Crippen molar-refractivity contribution in [2.75, 3.05) is 5.32 Å². The Morgan fingerprint density at radius 3 is 3.00 bits per heavy atom. The van der Waals surface area contributed by atoms with E-state index in [4.69, 9.17) is 16.9 Å². The van der Waals surface area contributed by atoms with Crippen molar-refractivity contribution >= 4 is 17.4 Å². The number of halogens is 1. The lowest BCUT2D eigenvalue weighted by atomic mass is 9.83. The van der Waals surface area contributed by atoms with Gasteiger partial charge in [-0.05, 0) is 24.8 Å². The normalized spacial score (nSPS) is 23.4. The van der Waals surface area contributed by atoms with E-state index in [1.54, 1.807) is 12.3 Å². The average Bonchev–Trinajstić information content (AvgIpc) is 2.42. The van der Waals surface area contributed by atoms with Crippen LogP contribution < -0.4 is 5.32 Å². The molecule has 0 spiro atoms. The van der Waals surface area contributed by atoms with Crippen molar-refractivity contribution in [3.05, 3.63) is 22.8 Å². The number of nitriles is 1. The Hall–Kier alpha value is -1.27. The summed E-state index contributed by atoms with van der Waals surface area (Å²) in [4.78, 5) is 4.26. The van der Waals surface area contributed by atoms with Gasteiger partial charge >= 0.3 is 0 Å². The Morgan fingerprint density at radius 1 is 1.50 bits per heavy atom. The molecule has 1 aromatic rings. The second-order valence-electron chi connectivity index (χ2n) is 4.84. The third kappa shape index (κ3) is 2.76. The van der Waals surface area contributed by atoms with Crippen molar-refractivity contribution in [2.45, 2.75) is 45.1 Å². The van der Waals surface area contributed by atoms with E-state index in [1.165, 1.54) is 25.7 Å². The predicted molar refractivity (Wildman–Crippen MR) is 73.6 cm³/mol. The van der Waals surface area contributed by atoms with Crippen LogP contribution in [0.1, 0.15) is 44.6 Å². The third-order valence-electron chi connectivity index (χ3n) is 3.77. The molecule has 2 rings (SSSR count). The van der Waals surface area contributed by atoms with E-state index in [1.807, 2.05) is 0 Å². The Balaban J connectivity index is 2.15. The van der Waals surface area contributed by atoms with Crippen molar-refractivity contribution in [1.29, 1.82) is 5.26 Å². The topological polar surface area (TPSA) is 48.7 Å². The van der Waals surface area contributed by atoms with Gasteiger partial charge in [0.15, 0.2) is 0 Å². The predicted octanol–water partition coefficient (Wildman–Crippen LogP) is 3.99. The highest BCUT2D eigenvalue weighted by atomic mass is 35.5. The summed E-state index contributed by atoms with van der Waals surface area (Å²) in [6.45, 7) is 2.23. The first-order valence-corrected chi connectivity index (χ1v) is 6.95. The lowest BCUT2D eigenvalue weighted by Gasteiger charge is -2.32. The van der Waals surface area contributed by atoms with E-state index in [-0.39, 0.29) is 0 Å². The van der Waals surface area contributed by atoms with Crippen LogP contribution >= 0.6 is 11.6 Å². The minimum Gasteiger partial charge on any atom is -0.366 e. The Labute approximate surface area is 113 Å². The van der Waals surface area contributed by atoms with Gasteiger partial charge in [-0.25, -0.2) is 4.98 Å². The van der Waals surface area contributed by atoms with Crippen LogP contribution in [0, 0.1) is 17.2 Å². The van der Waals surface area contributed by atoms with Crippen molar-refractivity contribution in [3.8, 4) is 6.07 Å². The highest BCUT2D eigenvalue weighted by Crippen LogP contribution is 2.31. The van der Waals surface area contributed by atoms with Crippen LogP contribution in [0.4, 0.5) is 5.82 Å². The molecular formula is C14H18ClN3. The fraction of sp³-hybridized carbons (Fsp3) is 0.571. The van der Waals surface area contributed by atoms with E-state index in [0.717, 1.165) is 6.42 Å². The van der Waals surface area contributed by atoms with Crippen LogP contribution in [-0.2, 0) is 0 Å². The Bertz CT molecular complexity index is 453. The lowest BCUT2D eigenvalue weighted by Crippen LogP contribution is -2.32. The zero-order valence-electron chi connectivity index (χ0n) is 10.6. The summed E-state index contributed by atoms with van der Waals surface area (Å²) in [7, 11) is 0. The van der Waals surface area contributed by atoms with Gasteiger partial charge in [0.2, 0.25) is 0 Å². The molecule has 0 aromatic carbocycles. The Kier molecular flexibility index (Phi) is 4.43. The van der Waals surface area contributed by atoms with E-state index >= 15 is 0 Å². The summed E-state index contributed by atoms with van der Waals surface area (Å²) in [5, 5.41) is 12.8. The smallest absolute Gasteiger partial charge is 0.146 e. The number of hydrogen-bond acceptors (Lipinski definition) is 3. The average molecular weight is 264 g/mol. The first-order valence-electron chi connectivity index (χ1n) is 6.57. The number of nitrogens with zero attached hydrogens (tertiary/aromatic N) is 2. The maximum Gasteiger partial charge on any atom is 0.146 e. The lowest BCUT2D eigenvalue weighted by molar-refractivity contribution is 0.317. The molecule has 2 unspecified atom stereocenters. The molecule has 1 fully saturated rings. The van der Waals surface area contributed by atoms with Crippen LogP contribution in [-0.4, -0.2) is 11.0 Å². The molecule has 1 N–H and O–H groups in total. The standard InChI is InChI=1S/C14H18ClN3/c1-2-10-5-3-4-6-12(10)18-14-13(15)11(9-16)7-8-17-14/h7-8,10,12H,2-6H2,1H3,(H,17,18).